The lowest BCUT2D eigenvalue weighted by Crippen LogP contribution is -2.35. The van der Waals surface area contributed by atoms with E-state index in [0.717, 1.165) is 60.2 Å². The second-order valence-corrected chi connectivity index (χ2v) is 10.7. The predicted octanol–water partition coefficient (Wildman–Crippen LogP) is 5.91. The molecule has 2 aromatic heterocycles. The molecule has 1 saturated carbocycles. The fourth-order valence-corrected chi connectivity index (χ4v) is 5.10. The molecule has 0 bridgehead atoms. The summed E-state index contributed by atoms with van der Waals surface area (Å²) < 4.78 is 13.6. The lowest BCUT2D eigenvalue weighted by atomic mass is 9.81. The largest absolute Gasteiger partial charge is 0.446 e. The van der Waals surface area contributed by atoms with Gasteiger partial charge in [-0.15, -0.1) is 10.2 Å². The van der Waals surface area contributed by atoms with Crippen molar-refractivity contribution in [3.8, 4) is 5.69 Å². The molecule has 1 aromatic carbocycles. The summed E-state index contributed by atoms with van der Waals surface area (Å²) in [5.74, 6) is 3.96. The number of halogens is 1. The Morgan fingerprint density at radius 3 is 2.53 bits per heavy atom. The molecule has 0 atom stereocenters. The molecule has 2 aliphatic rings. The van der Waals surface area contributed by atoms with Gasteiger partial charge in [0, 0.05) is 16.9 Å². The maximum atomic E-state index is 13.0. The number of nitrogens with zero attached hydrogens (tertiary/aromatic N) is 5. The molecule has 0 unspecified atom stereocenters. The van der Waals surface area contributed by atoms with Crippen LogP contribution >= 0.6 is 11.6 Å². The molecule has 8 nitrogen and oxygen atoms in total. The van der Waals surface area contributed by atoms with Crippen LogP contribution in [-0.2, 0) is 17.8 Å². The molecule has 1 amide bonds. The first-order valence-electron chi connectivity index (χ1n) is 11.8. The van der Waals surface area contributed by atoms with Gasteiger partial charge >= 0.3 is 6.09 Å². The third-order valence-corrected chi connectivity index (χ3v) is 6.70. The molecular formula is C25H30ClN5O3. The summed E-state index contributed by atoms with van der Waals surface area (Å²) in [6, 6.07) is 5.78. The van der Waals surface area contributed by atoms with Gasteiger partial charge in [-0.2, -0.15) is 0 Å². The molecule has 1 aliphatic carbocycles. The summed E-state index contributed by atoms with van der Waals surface area (Å²) in [5.41, 5.74) is 1.33. The molecule has 0 radical (unpaired) electrons. The summed E-state index contributed by atoms with van der Waals surface area (Å²) >= 11 is 6.34. The summed E-state index contributed by atoms with van der Waals surface area (Å²) in [6.07, 6.45) is 5.34. The van der Waals surface area contributed by atoms with Crippen LogP contribution in [0.1, 0.15) is 87.2 Å². The van der Waals surface area contributed by atoms with Gasteiger partial charge in [-0.05, 0) is 77.1 Å². The van der Waals surface area contributed by atoms with Crippen molar-refractivity contribution >= 4 is 17.7 Å². The lowest BCUT2D eigenvalue weighted by molar-refractivity contribution is 0.0214. The number of rotatable bonds is 2. The van der Waals surface area contributed by atoms with Gasteiger partial charge in [0.2, 0.25) is 0 Å². The van der Waals surface area contributed by atoms with E-state index in [0.29, 0.717) is 24.0 Å². The average Bonchev–Trinajstić information content (AvgIpc) is 3.35. The zero-order valence-electron chi connectivity index (χ0n) is 20.0. The summed E-state index contributed by atoms with van der Waals surface area (Å²) in [4.78, 5) is 19.1. The SMILES string of the molecule is Cc1cnc(C2CCC(c3nnc4n3-c3ccc(Cl)cc3CN(C(=O)OC(C)(C)C)C4)CC2)o1. The average molecular weight is 484 g/mol. The zero-order chi connectivity index (χ0) is 24.0. The van der Waals surface area contributed by atoms with Crippen molar-refractivity contribution in [2.75, 3.05) is 0 Å². The van der Waals surface area contributed by atoms with Crippen LogP contribution in [0.3, 0.4) is 0 Å². The van der Waals surface area contributed by atoms with Crippen LogP contribution in [0.25, 0.3) is 5.69 Å². The Balaban J connectivity index is 1.44. The molecule has 34 heavy (non-hydrogen) atoms. The van der Waals surface area contributed by atoms with Crippen LogP contribution < -0.4 is 0 Å². The number of amides is 1. The van der Waals surface area contributed by atoms with Crippen LogP contribution in [0.5, 0.6) is 0 Å². The van der Waals surface area contributed by atoms with Crippen molar-refractivity contribution in [3.05, 3.63) is 58.3 Å². The monoisotopic (exact) mass is 483 g/mol. The minimum atomic E-state index is -0.584. The number of hydrogen-bond acceptors (Lipinski definition) is 6. The second kappa shape index (κ2) is 8.73. The first-order valence-corrected chi connectivity index (χ1v) is 12.2. The van der Waals surface area contributed by atoms with Crippen LogP contribution in [0, 0.1) is 6.92 Å². The molecular weight excluding hydrogens is 454 g/mol. The maximum Gasteiger partial charge on any atom is 0.411 e. The Morgan fingerprint density at radius 1 is 1.12 bits per heavy atom. The van der Waals surface area contributed by atoms with Gasteiger partial charge in [-0.3, -0.25) is 9.47 Å². The third kappa shape index (κ3) is 4.56. The minimum Gasteiger partial charge on any atom is -0.446 e. The highest BCUT2D eigenvalue weighted by Gasteiger charge is 2.34. The highest BCUT2D eigenvalue weighted by atomic mass is 35.5. The molecule has 1 aliphatic heterocycles. The van der Waals surface area contributed by atoms with Gasteiger partial charge in [0.05, 0.1) is 25.0 Å². The molecule has 9 heteroatoms. The molecule has 180 valence electrons. The van der Waals surface area contributed by atoms with Gasteiger partial charge in [0.25, 0.3) is 0 Å². The van der Waals surface area contributed by atoms with Crippen molar-refractivity contribution < 1.29 is 13.9 Å². The normalized spacial score (nSPS) is 20.4. The number of oxazole rings is 1. The highest BCUT2D eigenvalue weighted by Crippen LogP contribution is 2.41. The Hall–Kier alpha value is -2.87. The second-order valence-electron chi connectivity index (χ2n) is 10.3. The molecule has 5 rings (SSSR count). The summed E-state index contributed by atoms with van der Waals surface area (Å²) in [6.45, 7) is 8.24. The minimum absolute atomic E-state index is 0.269. The molecule has 3 heterocycles. The standard InChI is InChI=1S/C25H30ClN5O3/c1-15-12-27-23(33-15)17-7-5-16(6-8-17)22-29-28-21-14-30(24(32)34-25(2,3)4)13-18-11-19(26)9-10-20(18)31(21)22/h9-12,16-17H,5-8,13-14H2,1-4H3. The van der Waals surface area contributed by atoms with Crippen molar-refractivity contribution in [1.29, 1.82) is 0 Å². The van der Waals surface area contributed by atoms with E-state index in [1.807, 2.05) is 45.9 Å². The Morgan fingerprint density at radius 2 is 1.85 bits per heavy atom. The van der Waals surface area contributed by atoms with E-state index in [9.17, 15) is 4.79 Å². The van der Waals surface area contributed by atoms with E-state index in [4.69, 9.17) is 20.8 Å². The number of fused-ring (bicyclic) bond motifs is 3. The van der Waals surface area contributed by atoms with Crippen molar-refractivity contribution in [2.24, 2.45) is 0 Å². The van der Waals surface area contributed by atoms with Gasteiger partial charge in [0.15, 0.2) is 11.7 Å². The topological polar surface area (TPSA) is 86.3 Å². The van der Waals surface area contributed by atoms with Crippen LogP contribution in [-0.4, -0.2) is 36.3 Å². The van der Waals surface area contributed by atoms with E-state index in [-0.39, 0.29) is 12.0 Å². The Bertz CT molecular complexity index is 1200. The van der Waals surface area contributed by atoms with Crippen LogP contribution in [0.4, 0.5) is 4.79 Å². The maximum absolute atomic E-state index is 13.0. The van der Waals surface area contributed by atoms with Crippen LogP contribution in [0.15, 0.2) is 28.8 Å². The van der Waals surface area contributed by atoms with Crippen molar-refractivity contribution in [1.82, 2.24) is 24.6 Å². The van der Waals surface area contributed by atoms with Gasteiger partial charge in [0.1, 0.15) is 17.2 Å². The molecule has 0 saturated heterocycles. The first kappa shape index (κ1) is 22.9. The summed E-state index contributed by atoms with van der Waals surface area (Å²) in [5, 5.41) is 9.77. The number of aromatic nitrogens is 4. The smallest absolute Gasteiger partial charge is 0.411 e. The number of carbonyl (C=O) groups excluding carboxylic acids is 1. The number of hydrogen-bond donors (Lipinski definition) is 0. The number of benzene rings is 1. The quantitative estimate of drug-likeness (QED) is 0.450. The summed E-state index contributed by atoms with van der Waals surface area (Å²) in [7, 11) is 0. The highest BCUT2D eigenvalue weighted by molar-refractivity contribution is 6.30. The van der Waals surface area contributed by atoms with Crippen LogP contribution in [0.2, 0.25) is 5.02 Å². The lowest BCUT2D eigenvalue weighted by Gasteiger charge is -2.26. The predicted molar refractivity (Wildman–Crippen MR) is 127 cm³/mol. The molecule has 1 fully saturated rings. The van der Waals surface area contributed by atoms with E-state index >= 15 is 0 Å². The van der Waals surface area contributed by atoms with Gasteiger partial charge in [-0.25, -0.2) is 9.78 Å². The van der Waals surface area contributed by atoms with E-state index < -0.39 is 5.60 Å². The van der Waals surface area contributed by atoms with Crippen molar-refractivity contribution in [2.45, 2.75) is 83.9 Å². The Kier molecular flexibility index (Phi) is 5.88. The molecule has 0 spiro atoms. The fourth-order valence-electron chi connectivity index (χ4n) is 4.91. The zero-order valence-corrected chi connectivity index (χ0v) is 20.8. The molecule has 0 N–H and O–H groups in total. The van der Waals surface area contributed by atoms with Gasteiger partial charge in [-0.1, -0.05) is 11.6 Å². The van der Waals surface area contributed by atoms with E-state index in [1.165, 1.54) is 0 Å². The number of ether oxygens (including phenoxy) is 1. The number of carbonyl (C=O) groups is 1. The Labute approximate surface area is 204 Å². The molecule has 3 aromatic rings. The fraction of sp³-hybridized carbons (Fsp3) is 0.520. The first-order chi connectivity index (χ1) is 16.2. The van der Waals surface area contributed by atoms with Crippen molar-refractivity contribution in [3.63, 3.8) is 0 Å². The number of aryl methyl sites for hydroxylation is 1. The van der Waals surface area contributed by atoms with E-state index in [2.05, 4.69) is 19.7 Å². The van der Waals surface area contributed by atoms with Gasteiger partial charge < -0.3 is 9.15 Å². The van der Waals surface area contributed by atoms with E-state index in [1.54, 1.807) is 11.1 Å². The third-order valence-electron chi connectivity index (χ3n) is 6.46.